The van der Waals surface area contributed by atoms with Gasteiger partial charge in [-0.2, -0.15) is 8.62 Å². The van der Waals surface area contributed by atoms with E-state index in [4.69, 9.17) is 30.1 Å². The minimum Gasteiger partial charge on any atom is -0.480 e. The van der Waals surface area contributed by atoms with Crippen molar-refractivity contribution in [2.45, 2.75) is 37.7 Å². The van der Waals surface area contributed by atoms with Crippen LogP contribution in [0.25, 0.3) is 11.0 Å². The van der Waals surface area contributed by atoms with Crippen LogP contribution in [0.1, 0.15) is 31.1 Å². The number of phosphoric ester groups is 1. The maximum Gasteiger partial charge on any atom is 0.490 e. The highest BCUT2D eigenvalue weighted by molar-refractivity contribution is 7.66. The first-order chi connectivity index (χ1) is 19.5. The van der Waals surface area contributed by atoms with Crippen LogP contribution in [0.5, 0.6) is 0 Å². The van der Waals surface area contributed by atoms with Crippen molar-refractivity contribution in [2.24, 2.45) is 0 Å². The van der Waals surface area contributed by atoms with E-state index in [-0.39, 0.29) is 43.1 Å². The van der Waals surface area contributed by atoms with Crippen LogP contribution in [0.15, 0.2) is 12.5 Å². The number of anilines is 1. The normalized spacial score (nSPS) is 21.8. The van der Waals surface area contributed by atoms with E-state index >= 15 is 0 Å². The maximum absolute atomic E-state index is 12.0. The van der Waals surface area contributed by atoms with Crippen molar-refractivity contribution < 1.29 is 75.7 Å². The maximum atomic E-state index is 12.0. The van der Waals surface area contributed by atoms with Crippen LogP contribution < -0.4 is 5.73 Å². The number of carboxylic acid groups (broad SMARTS) is 1. The zero-order chi connectivity index (χ0) is 31.3. The largest absolute Gasteiger partial charge is 0.490 e. The first kappa shape index (κ1) is 33.9. The first-order valence-electron chi connectivity index (χ1n) is 11.5. The molecule has 2 aromatic heterocycles. The molecule has 42 heavy (non-hydrogen) atoms. The summed E-state index contributed by atoms with van der Waals surface area (Å²) in [6.45, 7) is -1.85. The lowest BCUT2D eigenvalue weighted by molar-refractivity contribution is -0.143. The van der Waals surface area contributed by atoms with Gasteiger partial charge in [0.1, 0.15) is 43.3 Å². The van der Waals surface area contributed by atoms with Gasteiger partial charge >= 0.3 is 29.4 Å². The summed E-state index contributed by atoms with van der Waals surface area (Å²) < 4.78 is 57.9. The number of rotatable bonds is 14. The van der Waals surface area contributed by atoms with Gasteiger partial charge in [-0.1, -0.05) is 11.8 Å². The molecule has 5 atom stereocenters. The highest BCUT2D eigenvalue weighted by atomic mass is 31.3. The number of hydrogen-bond donors (Lipinski definition) is 7. The Balaban J connectivity index is 1.68. The fourth-order valence-corrected chi connectivity index (χ4v) is 6.64. The standard InChI is InChI=1S/C19H25N4O16P3/c20-18-17-11(3-1-2-4-12(24)7-35-9-16(26)27)6-23(19(17)22-10-21-18)15-5-13(25)14(37-15)8-36-41(31,32)39-42(33,34)38-40(28,29)30/h6,10,13-15,25H,2,4-5,7-9H2,(H,26,27)(H,31,32)(H,33,34)(H2,20,21,22)(H2,28,29,30). The van der Waals surface area contributed by atoms with E-state index in [2.05, 4.69) is 35.0 Å². The number of ether oxygens (including phenoxy) is 2. The summed E-state index contributed by atoms with van der Waals surface area (Å²) in [6, 6.07) is 0. The van der Waals surface area contributed by atoms with Gasteiger partial charge in [0.2, 0.25) is 0 Å². The quantitative estimate of drug-likeness (QED) is 0.102. The predicted octanol–water partition coefficient (Wildman–Crippen LogP) is -0.193. The summed E-state index contributed by atoms with van der Waals surface area (Å²) in [5.74, 6) is 4.13. The molecule has 8 N–H and O–H groups in total. The van der Waals surface area contributed by atoms with Crippen molar-refractivity contribution in [2.75, 3.05) is 25.6 Å². The number of carbonyl (C=O) groups excluding carboxylic acids is 1. The van der Waals surface area contributed by atoms with Crippen LogP contribution in [0, 0.1) is 11.8 Å². The second-order valence-corrected chi connectivity index (χ2v) is 12.9. The zero-order valence-electron chi connectivity index (χ0n) is 21.2. The fourth-order valence-electron chi connectivity index (χ4n) is 3.61. The molecule has 0 spiro atoms. The number of nitrogen functional groups attached to an aromatic ring is 1. The fraction of sp³-hybridized carbons (Fsp3) is 0.474. The lowest BCUT2D eigenvalue weighted by Crippen LogP contribution is -2.26. The van der Waals surface area contributed by atoms with Gasteiger partial charge in [0.25, 0.3) is 0 Å². The molecule has 20 nitrogen and oxygen atoms in total. The highest BCUT2D eigenvalue weighted by Crippen LogP contribution is 2.66. The number of carbonyl (C=O) groups is 2. The molecule has 0 bridgehead atoms. The van der Waals surface area contributed by atoms with Gasteiger partial charge in [0.15, 0.2) is 5.78 Å². The molecule has 1 fully saturated rings. The molecular formula is C19H25N4O16P3. The molecule has 0 radical (unpaired) electrons. The van der Waals surface area contributed by atoms with Crippen LogP contribution >= 0.6 is 23.5 Å². The topological polar surface area (TPSA) is 310 Å². The summed E-state index contributed by atoms with van der Waals surface area (Å²) in [4.78, 5) is 66.4. The summed E-state index contributed by atoms with van der Waals surface area (Å²) in [6.07, 6.45) is -0.890. The molecule has 0 amide bonds. The molecule has 1 aliphatic rings. The number of nitrogens with two attached hydrogens (primary N) is 1. The predicted molar refractivity (Wildman–Crippen MR) is 136 cm³/mol. The van der Waals surface area contributed by atoms with Crippen LogP contribution in [-0.2, 0) is 45.9 Å². The Bertz CT molecular complexity index is 1530. The van der Waals surface area contributed by atoms with E-state index in [1.807, 2.05) is 0 Å². The van der Waals surface area contributed by atoms with E-state index in [0.717, 1.165) is 0 Å². The molecule has 1 aliphatic heterocycles. The summed E-state index contributed by atoms with van der Waals surface area (Å²) in [7, 11) is -16.7. The Labute approximate surface area is 235 Å². The Kier molecular flexibility index (Phi) is 11.1. The number of phosphoric acid groups is 3. The summed E-state index contributed by atoms with van der Waals surface area (Å²) >= 11 is 0. The Hall–Kier alpha value is -2.59. The van der Waals surface area contributed by atoms with Crippen LogP contribution in [0.2, 0.25) is 0 Å². The van der Waals surface area contributed by atoms with Crippen molar-refractivity contribution in [3.8, 4) is 11.8 Å². The van der Waals surface area contributed by atoms with Crippen LogP contribution in [-0.4, -0.2) is 88.1 Å². The monoisotopic (exact) mass is 658 g/mol. The van der Waals surface area contributed by atoms with Gasteiger partial charge in [0, 0.05) is 25.5 Å². The molecule has 1 saturated heterocycles. The molecular weight excluding hydrogens is 633 g/mol. The highest BCUT2D eigenvalue weighted by Gasteiger charge is 2.43. The van der Waals surface area contributed by atoms with Gasteiger partial charge in [-0.15, -0.1) is 0 Å². The Morgan fingerprint density at radius 1 is 1.12 bits per heavy atom. The average Bonchev–Trinajstić information content (AvgIpc) is 3.39. The minimum atomic E-state index is -5.72. The lowest BCUT2D eigenvalue weighted by Gasteiger charge is -2.19. The van der Waals surface area contributed by atoms with E-state index in [9.17, 15) is 38.2 Å². The number of fused-ring (bicyclic) bond motifs is 1. The number of ketones is 1. The van der Waals surface area contributed by atoms with Crippen molar-refractivity contribution in [3.05, 3.63) is 18.1 Å². The number of nitrogens with zero attached hydrogens (tertiary/aromatic N) is 3. The van der Waals surface area contributed by atoms with Gasteiger partial charge in [0.05, 0.1) is 23.7 Å². The number of Topliss-reactive ketones (excluding diaryl/α,β-unsaturated/α-hetero) is 1. The SMILES string of the molecule is Nc1ncnc2c1c(C#CCCC(=O)COCC(=O)O)cn2C1CC(O)C(COP(=O)(O)OP(=O)(O)OP(=O)(O)O)O1. The van der Waals surface area contributed by atoms with Crippen molar-refractivity contribution in [1.82, 2.24) is 14.5 Å². The number of aliphatic hydroxyl groups is 1. The number of aliphatic carboxylic acids is 1. The molecule has 23 heteroatoms. The van der Waals surface area contributed by atoms with Crippen molar-refractivity contribution in [3.63, 3.8) is 0 Å². The van der Waals surface area contributed by atoms with Gasteiger partial charge < -0.3 is 49.6 Å². The molecule has 3 heterocycles. The van der Waals surface area contributed by atoms with Gasteiger partial charge in [-0.3, -0.25) is 9.32 Å². The summed E-state index contributed by atoms with van der Waals surface area (Å²) in [5.41, 5.74) is 6.59. The second-order valence-electron chi connectivity index (χ2n) is 8.45. The Morgan fingerprint density at radius 2 is 1.83 bits per heavy atom. The van der Waals surface area contributed by atoms with Crippen molar-refractivity contribution >= 4 is 52.1 Å². The van der Waals surface area contributed by atoms with Gasteiger partial charge in [-0.05, 0) is 0 Å². The molecule has 3 rings (SSSR count). The first-order valence-corrected chi connectivity index (χ1v) is 16.0. The second kappa shape index (κ2) is 13.8. The van der Waals surface area contributed by atoms with E-state index in [1.165, 1.54) is 17.1 Å². The molecule has 5 unspecified atom stereocenters. The number of aliphatic hydroxyl groups excluding tert-OH is 1. The zero-order valence-corrected chi connectivity index (χ0v) is 23.8. The van der Waals surface area contributed by atoms with Crippen LogP contribution in [0.4, 0.5) is 5.82 Å². The minimum absolute atomic E-state index is 0.00749. The smallest absolute Gasteiger partial charge is 0.480 e. The molecule has 0 saturated carbocycles. The van der Waals surface area contributed by atoms with E-state index in [0.29, 0.717) is 10.9 Å². The molecule has 232 valence electrons. The number of aromatic nitrogens is 3. The number of carboxylic acids is 1. The third-order valence-corrected chi connectivity index (χ3v) is 9.01. The average molecular weight is 658 g/mol. The molecule has 0 aromatic carbocycles. The number of hydrogen-bond acceptors (Lipinski definition) is 14. The van der Waals surface area contributed by atoms with Crippen molar-refractivity contribution in [1.29, 1.82) is 0 Å². The molecule has 2 aromatic rings. The summed E-state index contributed by atoms with van der Waals surface area (Å²) in [5, 5.41) is 19.3. The van der Waals surface area contributed by atoms with E-state index in [1.54, 1.807) is 0 Å². The lowest BCUT2D eigenvalue weighted by atomic mass is 10.2. The van der Waals surface area contributed by atoms with Gasteiger partial charge in [-0.25, -0.2) is 28.5 Å². The Morgan fingerprint density at radius 3 is 2.50 bits per heavy atom. The molecule has 0 aliphatic carbocycles. The third-order valence-electron chi connectivity index (χ3n) is 5.21. The third kappa shape index (κ3) is 10.0. The van der Waals surface area contributed by atoms with Crippen LogP contribution in [0.3, 0.4) is 0 Å². The van der Waals surface area contributed by atoms with E-state index < -0.39 is 61.1 Å².